The van der Waals surface area contributed by atoms with Crippen molar-refractivity contribution in [1.29, 1.82) is 0 Å². The number of hydrogen-bond acceptors (Lipinski definition) is 1. The van der Waals surface area contributed by atoms with E-state index >= 15 is 0 Å². The van der Waals surface area contributed by atoms with Crippen molar-refractivity contribution in [3.8, 4) is 0 Å². The maximum absolute atomic E-state index is 2.37. The highest BCUT2D eigenvalue weighted by atomic mass is 35.5. The van der Waals surface area contributed by atoms with Gasteiger partial charge in [-0.15, -0.1) is 11.8 Å². The Bertz CT molecular complexity index is 725. The van der Waals surface area contributed by atoms with Crippen molar-refractivity contribution in [3.63, 3.8) is 0 Å². The Balaban J connectivity index is 0.00000192. The molecule has 0 aliphatic heterocycles. The molecule has 3 aromatic rings. The largest absolute Gasteiger partial charge is 1.00 e. The van der Waals surface area contributed by atoms with Crippen LogP contribution in [0.5, 0.6) is 0 Å². The SMILES string of the molecule is CCCCSCn1c[n+](Cc2ccccc2)c2ccccc21.[Cl-]. The lowest BCUT2D eigenvalue weighted by Gasteiger charge is -1.98. The Morgan fingerprint density at radius 2 is 1.74 bits per heavy atom. The molecule has 122 valence electrons. The van der Waals surface area contributed by atoms with Crippen LogP contribution in [0.25, 0.3) is 11.0 Å². The number of benzene rings is 2. The van der Waals surface area contributed by atoms with Crippen LogP contribution in [0, 0.1) is 0 Å². The number of hydrogen-bond donors (Lipinski definition) is 0. The zero-order valence-corrected chi connectivity index (χ0v) is 15.1. The minimum absolute atomic E-state index is 0. The Morgan fingerprint density at radius 3 is 2.52 bits per heavy atom. The van der Waals surface area contributed by atoms with E-state index in [2.05, 4.69) is 77.0 Å². The number of unbranched alkanes of at least 4 members (excludes halogenated alkanes) is 1. The minimum Gasteiger partial charge on any atom is -1.00 e. The average Bonchev–Trinajstić information content (AvgIpc) is 2.91. The Kier molecular flexibility index (Phi) is 7.00. The Hall–Kier alpha value is -1.45. The summed E-state index contributed by atoms with van der Waals surface area (Å²) in [4.78, 5) is 0. The van der Waals surface area contributed by atoms with E-state index in [4.69, 9.17) is 0 Å². The van der Waals surface area contributed by atoms with Gasteiger partial charge in [-0.25, -0.2) is 9.13 Å². The summed E-state index contributed by atoms with van der Waals surface area (Å²) >= 11 is 2.02. The number of imidazole rings is 1. The molecule has 23 heavy (non-hydrogen) atoms. The van der Waals surface area contributed by atoms with Crippen LogP contribution in [-0.2, 0) is 12.4 Å². The van der Waals surface area contributed by atoms with Gasteiger partial charge in [-0.1, -0.05) is 55.8 Å². The molecular formula is C19H23ClN2S. The third kappa shape index (κ3) is 4.52. The lowest BCUT2D eigenvalue weighted by atomic mass is 10.2. The van der Waals surface area contributed by atoms with Gasteiger partial charge < -0.3 is 12.4 Å². The van der Waals surface area contributed by atoms with Gasteiger partial charge in [0.1, 0.15) is 12.4 Å². The van der Waals surface area contributed by atoms with E-state index in [0.29, 0.717) is 0 Å². The number of para-hydroxylation sites is 2. The van der Waals surface area contributed by atoms with Gasteiger partial charge in [0.15, 0.2) is 11.0 Å². The van der Waals surface area contributed by atoms with Crippen LogP contribution in [-0.4, -0.2) is 10.3 Å². The number of aromatic nitrogens is 2. The maximum atomic E-state index is 2.37. The van der Waals surface area contributed by atoms with Crippen molar-refractivity contribution in [2.75, 3.05) is 5.75 Å². The summed E-state index contributed by atoms with van der Waals surface area (Å²) in [6, 6.07) is 19.3. The first-order valence-electron chi connectivity index (χ1n) is 7.97. The molecule has 0 saturated carbocycles. The van der Waals surface area contributed by atoms with E-state index in [1.54, 1.807) is 0 Å². The third-order valence-corrected chi connectivity index (χ3v) is 4.89. The van der Waals surface area contributed by atoms with Crippen LogP contribution < -0.4 is 17.0 Å². The summed E-state index contributed by atoms with van der Waals surface area (Å²) in [6.45, 7) is 3.17. The highest BCUT2D eigenvalue weighted by molar-refractivity contribution is 7.98. The lowest BCUT2D eigenvalue weighted by Crippen LogP contribution is -3.00. The van der Waals surface area contributed by atoms with Crippen LogP contribution in [0.3, 0.4) is 0 Å². The molecular weight excluding hydrogens is 324 g/mol. The van der Waals surface area contributed by atoms with Gasteiger partial charge in [-0.2, -0.15) is 0 Å². The molecule has 0 aliphatic rings. The fourth-order valence-corrected chi connectivity index (χ4v) is 3.69. The Labute approximate surface area is 148 Å². The van der Waals surface area contributed by atoms with Crippen LogP contribution in [0.15, 0.2) is 60.9 Å². The molecule has 0 spiro atoms. The fourth-order valence-electron chi connectivity index (χ4n) is 2.66. The molecule has 0 saturated heterocycles. The van der Waals surface area contributed by atoms with Crippen LogP contribution in [0.4, 0.5) is 0 Å². The molecule has 0 fully saturated rings. The standard InChI is InChI=1S/C19H23N2S.ClH/c1-2-3-13-22-16-21-15-20(14-17-9-5-4-6-10-17)18-11-7-8-12-19(18)21;/h4-12,15H,2-3,13-14,16H2,1H3;1H/q+1;/p-1. The molecule has 1 aromatic heterocycles. The smallest absolute Gasteiger partial charge is 0.245 e. The summed E-state index contributed by atoms with van der Waals surface area (Å²) < 4.78 is 4.73. The molecule has 0 aliphatic carbocycles. The van der Waals surface area contributed by atoms with Crippen LogP contribution >= 0.6 is 11.8 Å². The van der Waals surface area contributed by atoms with Gasteiger partial charge in [0.25, 0.3) is 0 Å². The van der Waals surface area contributed by atoms with E-state index in [0.717, 1.165) is 12.4 Å². The van der Waals surface area contributed by atoms with Gasteiger partial charge in [0, 0.05) is 0 Å². The van der Waals surface area contributed by atoms with Gasteiger partial charge in [-0.05, 0) is 29.9 Å². The topological polar surface area (TPSA) is 8.81 Å². The number of fused-ring (bicyclic) bond motifs is 1. The Morgan fingerprint density at radius 1 is 1.00 bits per heavy atom. The zero-order valence-electron chi connectivity index (χ0n) is 13.5. The summed E-state index contributed by atoms with van der Waals surface area (Å²) in [6.07, 6.45) is 4.83. The van der Waals surface area contributed by atoms with Crippen molar-refractivity contribution in [2.24, 2.45) is 0 Å². The van der Waals surface area contributed by atoms with Gasteiger partial charge in [0.05, 0.1) is 0 Å². The summed E-state index contributed by atoms with van der Waals surface area (Å²) in [5.74, 6) is 2.27. The van der Waals surface area contributed by atoms with Crippen molar-refractivity contribution in [1.82, 2.24) is 4.57 Å². The quantitative estimate of drug-likeness (QED) is 0.465. The first kappa shape index (κ1) is 17.9. The molecule has 3 rings (SSSR count). The van der Waals surface area contributed by atoms with Gasteiger partial charge >= 0.3 is 0 Å². The summed E-state index contributed by atoms with van der Waals surface area (Å²) in [7, 11) is 0. The molecule has 4 heteroatoms. The molecule has 0 bridgehead atoms. The number of thioether (sulfide) groups is 1. The van der Waals surface area contributed by atoms with Crippen molar-refractivity contribution >= 4 is 22.8 Å². The van der Waals surface area contributed by atoms with E-state index in [-0.39, 0.29) is 12.4 Å². The van der Waals surface area contributed by atoms with E-state index in [1.807, 2.05) is 11.8 Å². The second kappa shape index (κ2) is 8.99. The molecule has 0 radical (unpaired) electrons. The first-order chi connectivity index (χ1) is 10.9. The lowest BCUT2D eigenvalue weighted by molar-refractivity contribution is -0.663. The van der Waals surface area contributed by atoms with Gasteiger partial charge in [-0.3, -0.25) is 0 Å². The molecule has 0 atom stereocenters. The molecule has 1 heterocycles. The molecule has 2 nitrogen and oxygen atoms in total. The second-order valence-electron chi connectivity index (χ2n) is 5.58. The highest BCUT2D eigenvalue weighted by Crippen LogP contribution is 2.16. The maximum Gasteiger partial charge on any atom is 0.245 e. The van der Waals surface area contributed by atoms with Crippen LogP contribution in [0.1, 0.15) is 25.3 Å². The van der Waals surface area contributed by atoms with E-state index < -0.39 is 0 Å². The van der Waals surface area contributed by atoms with E-state index in [9.17, 15) is 0 Å². The molecule has 2 aromatic carbocycles. The third-order valence-electron chi connectivity index (χ3n) is 3.85. The summed E-state index contributed by atoms with van der Waals surface area (Å²) in [5, 5.41) is 0. The molecule has 0 unspecified atom stereocenters. The number of nitrogens with zero attached hydrogens (tertiary/aromatic N) is 2. The summed E-state index contributed by atoms with van der Waals surface area (Å²) in [5.41, 5.74) is 3.97. The molecule has 0 N–H and O–H groups in total. The van der Waals surface area contributed by atoms with Crippen molar-refractivity contribution in [2.45, 2.75) is 32.2 Å². The van der Waals surface area contributed by atoms with Crippen molar-refractivity contribution < 1.29 is 17.0 Å². The van der Waals surface area contributed by atoms with E-state index in [1.165, 1.54) is 35.2 Å². The van der Waals surface area contributed by atoms with Crippen LogP contribution in [0.2, 0.25) is 0 Å². The molecule has 0 amide bonds. The number of rotatable bonds is 7. The van der Waals surface area contributed by atoms with Gasteiger partial charge in [0.2, 0.25) is 6.33 Å². The first-order valence-corrected chi connectivity index (χ1v) is 9.13. The normalized spacial score (nSPS) is 10.7. The second-order valence-corrected chi connectivity index (χ2v) is 6.65. The predicted molar refractivity (Wildman–Crippen MR) is 95.0 cm³/mol. The monoisotopic (exact) mass is 346 g/mol. The zero-order chi connectivity index (χ0) is 15.2. The number of halogens is 1. The highest BCUT2D eigenvalue weighted by Gasteiger charge is 2.15. The minimum atomic E-state index is 0. The average molecular weight is 347 g/mol. The van der Waals surface area contributed by atoms with Crippen molar-refractivity contribution in [3.05, 3.63) is 66.5 Å². The predicted octanol–water partition coefficient (Wildman–Crippen LogP) is 1.47. The fraction of sp³-hybridized carbons (Fsp3) is 0.316.